The molecule has 2 rings (SSSR count). The minimum Gasteiger partial charge on any atom is -0.484 e. The summed E-state index contributed by atoms with van der Waals surface area (Å²) < 4.78 is 5.43. The standard InChI is InChI=1S/C16H25N3O2/c1-13(11-19-9-3-2-4-10-19)18-16(20)12-21-15-7-5-14(17)6-8-15/h5-8,13H,2-4,9-12,17H2,1H3,(H,18,20). The van der Waals surface area contributed by atoms with Gasteiger partial charge >= 0.3 is 0 Å². The number of rotatable bonds is 6. The Morgan fingerprint density at radius 3 is 2.62 bits per heavy atom. The van der Waals surface area contributed by atoms with E-state index >= 15 is 0 Å². The summed E-state index contributed by atoms with van der Waals surface area (Å²) in [6.07, 6.45) is 3.86. The van der Waals surface area contributed by atoms with Crippen LogP contribution in [0.2, 0.25) is 0 Å². The molecule has 1 aliphatic rings. The van der Waals surface area contributed by atoms with Crippen LogP contribution in [0, 0.1) is 0 Å². The van der Waals surface area contributed by atoms with Crippen LogP contribution in [0.3, 0.4) is 0 Å². The number of carbonyl (C=O) groups is 1. The van der Waals surface area contributed by atoms with Crippen LogP contribution in [0.1, 0.15) is 26.2 Å². The molecule has 1 aliphatic heterocycles. The molecule has 1 saturated heterocycles. The molecule has 1 unspecified atom stereocenters. The molecule has 1 aromatic carbocycles. The number of nitrogens with two attached hydrogens (primary N) is 1. The summed E-state index contributed by atoms with van der Waals surface area (Å²) in [5.74, 6) is 0.569. The van der Waals surface area contributed by atoms with Crippen molar-refractivity contribution in [3.05, 3.63) is 24.3 Å². The normalized spacial score (nSPS) is 17.2. The maximum atomic E-state index is 11.9. The fourth-order valence-electron chi connectivity index (χ4n) is 2.60. The Morgan fingerprint density at radius 1 is 1.29 bits per heavy atom. The van der Waals surface area contributed by atoms with Gasteiger partial charge in [-0.05, 0) is 57.1 Å². The average molecular weight is 291 g/mol. The molecule has 5 nitrogen and oxygen atoms in total. The second-order valence-corrected chi connectivity index (χ2v) is 5.69. The van der Waals surface area contributed by atoms with Crippen LogP contribution in [0.25, 0.3) is 0 Å². The molecule has 1 atom stereocenters. The number of anilines is 1. The van der Waals surface area contributed by atoms with Gasteiger partial charge in [0.1, 0.15) is 5.75 Å². The Labute approximate surface area is 126 Å². The molecule has 1 aromatic rings. The van der Waals surface area contributed by atoms with E-state index in [1.54, 1.807) is 24.3 Å². The van der Waals surface area contributed by atoms with Crippen molar-refractivity contribution >= 4 is 11.6 Å². The van der Waals surface area contributed by atoms with Crippen molar-refractivity contribution in [3.63, 3.8) is 0 Å². The molecule has 1 heterocycles. The first kappa shape index (κ1) is 15.6. The molecular formula is C16H25N3O2. The monoisotopic (exact) mass is 291 g/mol. The Balaban J connectivity index is 1.67. The highest BCUT2D eigenvalue weighted by Gasteiger charge is 2.15. The van der Waals surface area contributed by atoms with Gasteiger partial charge in [-0.25, -0.2) is 0 Å². The van der Waals surface area contributed by atoms with E-state index in [0.29, 0.717) is 11.4 Å². The van der Waals surface area contributed by atoms with Crippen LogP contribution in [0.15, 0.2) is 24.3 Å². The molecule has 1 amide bonds. The van der Waals surface area contributed by atoms with E-state index in [1.807, 2.05) is 6.92 Å². The van der Waals surface area contributed by atoms with Crippen LogP contribution in [-0.4, -0.2) is 43.1 Å². The first-order valence-corrected chi connectivity index (χ1v) is 7.63. The molecule has 3 N–H and O–H groups in total. The largest absolute Gasteiger partial charge is 0.484 e. The smallest absolute Gasteiger partial charge is 0.258 e. The number of hydrogen-bond donors (Lipinski definition) is 2. The molecular weight excluding hydrogens is 266 g/mol. The van der Waals surface area contributed by atoms with Gasteiger partial charge in [-0.2, -0.15) is 0 Å². The number of hydrogen-bond acceptors (Lipinski definition) is 4. The number of ether oxygens (including phenoxy) is 1. The van der Waals surface area contributed by atoms with E-state index in [0.717, 1.165) is 19.6 Å². The van der Waals surface area contributed by atoms with E-state index in [2.05, 4.69) is 10.2 Å². The van der Waals surface area contributed by atoms with E-state index < -0.39 is 0 Å². The summed E-state index contributed by atoms with van der Waals surface area (Å²) in [6, 6.07) is 7.18. The van der Waals surface area contributed by atoms with Crippen molar-refractivity contribution in [2.45, 2.75) is 32.2 Å². The molecule has 21 heavy (non-hydrogen) atoms. The lowest BCUT2D eigenvalue weighted by atomic mass is 10.1. The first-order valence-electron chi connectivity index (χ1n) is 7.63. The third kappa shape index (κ3) is 5.63. The van der Waals surface area contributed by atoms with Crippen molar-refractivity contribution in [1.29, 1.82) is 0 Å². The second kappa shape index (κ2) is 7.88. The number of likely N-dealkylation sites (tertiary alicyclic amines) is 1. The maximum Gasteiger partial charge on any atom is 0.258 e. The Bertz CT molecular complexity index is 441. The summed E-state index contributed by atoms with van der Waals surface area (Å²) in [5.41, 5.74) is 6.28. The fraction of sp³-hybridized carbons (Fsp3) is 0.562. The maximum absolute atomic E-state index is 11.9. The van der Waals surface area contributed by atoms with Gasteiger partial charge in [-0.3, -0.25) is 4.79 Å². The third-order valence-electron chi connectivity index (χ3n) is 3.64. The van der Waals surface area contributed by atoms with Gasteiger partial charge in [0.25, 0.3) is 5.91 Å². The van der Waals surface area contributed by atoms with E-state index in [1.165, 1.54) is 19.3 Å². The molecule has 116 valence electrons. The van der Waals surface area contributed by atoms with Crippen molar-refractivity contribution < 1.29 is 9.53 Å². The highest BCUT2D eigenvalue weighted by molar-refractivity contribution is 5.77. The lowest BCUT2D eigenvalue weighted by Crippen LogP contribution is -2.45. The molecule has 0 radical (unpaired) electrons. The summed E-state index contributed by atoms with van der Waals surface area (Å²) in [4.78, 5) is 14.3. The molecule has 0 aliphatic carbocycles. The van der Waals surface area contributed by atoms with E-state index in [-0.39, 0.29) is 18.6 Å². The zero-order valence-electron chi connectivity index (χ0n) is 12.7. The lowest BCUT2D eigenvalue weighted by molar-refractivity contribution is -0.123. The van der Waals surface area contributed by atoms with Gasteiger partial charge in [-0.15, -0.1) is 0 Å². The number of nitrogens with one attached hydrogen (secondary N) is 1. The highest BCUT2D eigenvalue weighted by atomic mass is 16.5. The summed E-state index contributed by atoms with van der Waals surface area (Å²) in [7, 11) is 0. The number of carbonyl (C=O) groups excluding carboxylic acids is 1. The van der Waals surface area contributed by atoms with E-state index in [4.69, 9.17) is 10.5 Å². The van der Waals surface area contributed by atoms with Gasteiger partial charge in [0, 0.05) is 18.3 Å². The van der Waals surface area contributed by atoms with Crippen molar-refractivity contribution in [1.82, 2.24) is 10.2 Å². The topological polar surface area (TPSA) is 67.6 Å². The number of piperidine rings is 1. The van der Waals surface area contributed by atoms with Gasteiger partial charge < -0.3 is 20.7 Å². The van der Waals surface area contributed by atoms with Gasteiger partial charge in [0.15, 0.2) is 6.61 Å². The second-order valence-electron chi connectivity index (χ2n) is 5.69. The van der Waals surface area contributed by atoms with Gasteiger partial charge in [0.05, 0.1) is 0 Å². The zero-order chi connectivity index (χ0) is 15.1. The molecule has 0 spiro atoms. The number of benzene rings is 1. The Hall–Kier alpha value is -1.75. The van der Waals surface area contributed by atoms with Crippen molar-refractivity contribution in [2.24, 2.45) is 0 Å². The fourth-order valence-corrected chi connectivity index (χ4v) is 2.60. The SMILES string of the molecule is CC(CN1CCCCC1)NC(=O)COc1ccc(N)cc1. The number of nitrogen functional groups attached to an aromatic ring is 1. The minimum atomic E-state index is -0.0867. The average Bonchev–Trinajstić information content (AvgIpc) is 2.47. The minimum absolute atomic E-state index is 0.0360. The van der Waals surface area contributed by atoms with Crippen molar-refractivity contribution in [2.75, 3.05) is 32.0 Å². The Kier molecular flexibility index (Phi) is 5.87. The zero-order valence-corrected chi connectivity index (χ0v) is 12.7. The van der Waals surface area contributed by atoms with Crippen molar-refractivity contribution in [3.8, 4) is 5.75 Å². The third-order valence-corrected chi connectivity index (χ3v) is 3.64. The predicted octanol–water partition coefficient (Wildman–Crippen LogP) is 1.64. The lowest BCUT2D eigenvalue weighted by Gasteiger charge is -2.29. The molecule has 5 heteroatoms. The van der Waals surface area contributed by atoms with Crippen LogP contribution < -0.4 is 15.8 Å². The summed E-state index contributed by atoms with van der Waals surface area (Å²) >= 11 is 0. The van der Waals surface area contributed by atoms with Gasteiger partial charge in [-0.1, -0.05) is 6.42 Å². The van der Waals surface area contributed by atoms with Crippen LogP contribution in [0.4, 0.5) is 5.69 Å². The summed E-state index contributed by atoms with van der Waals surface area (Å²) in [5, 5.41) is 2.98. The van der Waals surface area contributed by atoms with Crippen LogP contribution in [-0.2, 0) is 4.79 Å². The van der Waals surface area contributed by atoms with Gasteiger partial charge in [0.2, 0.25) is 0 Å². The number of amides is 1. The van der Waals surface area contributed by atoms with Crippen LogP contribution in [0.5, 0.6) is 5.75 Å². The quantitative estimate of drug-likeness (QED) is 0.782. The molecule has 0 bridgehead atoms. The Morgan fingerprint density at radius 2 is 1.95 bits per heavy atom. The molecule has 1 fully saturated rings. The number of nitrogens with zero attached hydrogens (tertiary/aromatic N) is 1. The predicted molar refractivity (Wildman–Crippen MR) is 84.2 cm³/mol. The van der Waals surface area contributed by atoms with Crippen LogP contribution >= 0.6 is 0 Å². The highest BCUT2D eigenvalue weighted by Crippen LogP contribution is 2.12. The summed E-state index contributed by atoms with van der Waals surface area (Å²) in [6.45, 7) is 5.27. The van der Waals surface area contributed by atoms with E-state index in [9.17, 15) is 4.79 Å². The molecule has 0 aromatic heterocycles. The molecule has 0 saturated carbocycles. The first-order chi connectivity index (χ1) is 10.1.